The lowest BCUT2D eigenvalue weighted by atomic mass is 10.1. The Kier molecular flexibility index (Phi) is 3.46. The van der Waals surface area contributed by atoms with E-state index in [1.165, 1.54) is 12.1 Å². The van der Waals surface area contributed by atoms with Gasteiger partial charge in [-0.1, -0.05) is 6.07 Å². The van der Waals surface area contributed by atoms with E-state index in [1.807, 2.05) is 34.9 Å². The van der Waals surface area contributed by atoms with Crippen LogP contribution < -0.4 is 14.8 Å². The summed E-state index contributed by atoms with van der Waals surface area (Å²) in [6.45, 7) is 0.225. The van der Waals surface area contributed by atoms with Gasteiger partial charge >= 0.3 is 0 Å². The molecule has 134 valence electrons. The minimum Gasteiger partial charge on any atom is -0.454 e. The molecule has 5 rings (SSSR count). The Morgan fingerprint density at radius 2 is 1.96 bits per heavy atom. The Morgan fingerprint density at radius 1 is 1.07 bits per heavy atom. The van der Waals surface area contributed by atoms with Crippen molar-refractivity contribution in [2.75, 3.05) is 19.2 Å². The van der Waals surface area contributed by atoms with E-state index in [4.69, 9.17) is 9.47 Å². The number of halogens is 1. The summed E-state index contributed by atoms with van der Waals surface area (Å²) in [7, 11) is 1.78. The number of fused-ring (bicyclic) bond motifs is 2. The summed E-state index contributed by atoms with van der Waals surface area (Å²) >= 11 is 0. The molecule has 0 aliphatic carbocycles. The fourth-order valence-electron chi connectivity index (χ4n) is 3.24. The van der Waals surface area contributed by atoms with Gasteiger partial charge in [0, 0.05) is 12.6 Å². The zero-order valence-corrected chi connectivity index (χ0v) is 14.4. The predicted octanol–water partition coefficient (Wildman–Crippen LogP) is 4.00. The Bertz CT molecular complexity index is 1170. The van der Waals surface area contributed by atoms with Gasteiger partial charge in [0.1, 0.15) is 11.3 Å². The third-order valence-electron chi connectivity index (χ3n) is 4.50. The minimum atomic E-state index is -0.304. The van der Waals surface area contributed by atoms with Crippen LogP contribution in [0.25, 0.3) is 28.0 Å². The highest BCUT2D eigenvalue weighted by Crippen LogP contribution is 2.36. The lowest BCUT2D eigenvalue weighted by Crippen LogP contribution is -2.01. The molecule has 1 aliphatic rings. The Balaban J connectivity index is 1.70. The molecule has 4 aromatic rings. The topological polar surface area (TPSA) is 61.2 Å². The van der Waals surface area contributed by atoms with Gasteiger partial charge in [-0.25, -0.2) is 9.37 Å². The first kappa shape index (κ1) is 15.6. The predicted molar refractivity (Wildman–Crippen MR) is 99.9 cm³/mol. The van der Waals surface area contributed by atoms with Gasteiger partial charge in [-0.05, 0) is 42.5 Å². The van der Waals surface area contributed by atoms with Crippen molar-refractivity contribution in [1.82, 2.24) is 14.5 Å². The summed E-state index contributed by atoms with van der Waals surface area (Å²) in [6, 6.07) is 14.0. The molecule has 0 saturated carbocycles. The molecule has 27 heavy (non-hydrogen) atoms. The van der Waals surface area contributed by atoms with Crippen LogP contribution in [0.4, 0.5) is 10.3 Å². The number of ether oxygens (including phenoxy) is 2. The highest BCUT2D eigenvalue weighted by molar-refractivity contribution is 5.84. The van der Waals surface area contributed by atoms with E-state index in [0.717, 1.165) is 22.5 Å². The van der Waals surface area contributed by atoms with Crippen molar-refractivity contribution < 1.29 is 13.9 Å². The van der Waals surface area contributed by atoms with Gasteiger partial charge in [0.25, 0.3) is 0 Å². The van der Waals surface area contributed by atoms with Gasteiger partial charge in [0.05, 0.1) is 23.1 Å². The van der Waals surface area contributed by atoms with E-state index in [2.05, 4.69) is 15.3 Å². The van der Waals surface area contributed by atoms with Crippen LogP contribution in [0.5, 0.6) is 11.5 Å². The van der Waals surface area contributed by atoms with E-state index < -0.39 is 0 Å². The molecular formula is C20H15FN4O2. The van der Waals surface area contributed by atoms with Crippen LogP contribution in [0.15, 0.2) is 54.7 Å². The molecule has 1 N–H and O–H groups in total. The fraction of sp³-hybridized carbons (Fsp3) is 0.100. The highest BCUT2D eigenvalue weighted by Gasteiger charge is 2.17. The van der Waals surface area contributed by atoms with Crippen molar-refractivity contribution in [2.45, 2.75) is 0 Å². The van der Waals surface area contributed by atoms with Gasteiger partial charge in [-0.2, -0.15) is 0 Å². The molecule has 0 unspecified atom stereocenters. The molecule has 0 bridgehead atoms. The largest absolute Gasteiger partial charge is 0.454 e. The standard InChI is InChI=1S/C20H15FN4O2/c1-22-20-24-16-10-23-15(12-5-6-18-19(7-12)27-11-26-18)9-17(16)25(20)14-4-2-3-13(21)8-14/h2-10H,11H2,1H3,(H,22,24). The number of aromatic nitrogens is 3. The molecule has 7 heteroatoms. The fourth-order valence-corrected chi connectivity index (χ4v) is 3.24. The minimum absolute atomic E-state index is 0.225. The average molecular weight is 362 g/mol. The number of benzene rings is 2. The monoisotopic (exact) mass is 362 g/mol. The van der Waals surface area contributed by atoms with Crippen LogP contribution in [-0.4, -0.2) is 28.4 Å². The van der Waals surface area contributed by atoms with E-state index in [9.17, 15) is 4.39 Å². The molecule has 2 aromatic carbocycles. The number of imidazole rings is 1. The van der Waals surface area contributed by atoms with Gasteiger partial charge in [0.15, 0.2) is 11.5 Å². The normalized spacial score (nSPS) is 12.5. The zero-order chi connectivity index (χ0) is 18.4. The van der Waals surface area contributed by atoms with Crippen molar-refractivity contribution in [1.29, 1.82) is 0 Å². The molecule has 0 fully saturated rings. The van der Waals surface area contributed by atoms with Crippen molar-refractivity contribution in [3.8, 4) is 28.4 Å². The second-order valence-corrected chi connectivity index (χ2v) is 6.13. The summed E-state index contributed by atoms with van der Waals surface area (Å²) in [5, 5.41) is 3.06. The number of hydrogen-bond acceptors (Lipinski definition) is 5. The van der Waals surface area contributed by atoms with Gasteiger partial charge < -0.3 is 14.8 Å². The van der Waals surface area contributed by atoms with E-state index in [-0.39, 0.29) is 12.6 Å². The summed E-state index contributed by atoms with van der Waals surface area (Å²) < 4.78 is 26.5. The summed E-state index contributed by atoms with van der Waals surface area (Å²) in [5.41, 5.74) is 3.89. The van der Waals surface area contributed by atoms with Crippen molar-refractivity contribution >= 4 is 17.0 Å². The van der Waals surface area contributed by atoms with Crippen molar-refractivity contribution in [3.63, 3.8) is 0 Å². The van der Waals surface area contributed by atoms with Crippen LogP contribution in [0.1, 0.15) is 0 Å². The van der Waals surface area contributed by atoms with Gasteiger partial charge in [0.2, 0.25) is 12.7 Å². The maximum Gasteiger partial charge on any atom is 0.231 e. The second kappa shape index (κ2) is 5.98. The first-order chi connectivity index (χ1) is 13.2. The van der Waals surface area contributed by atoms with E-state index in [0.29, 0.717) is 22.9 Å². The van der Waals surface area contributed by atoms with Crippen LogP contribution in [-0.2, 0) is 0 Å². The SMILES string of the molecule is CNc1nc2cnc(-c3ccc4c(c3)OCO4)cc2n1-c1cccc(F)c1. The molecular weight excluding hydrogens is 347 g/mol. The number of nitrogens with one attached hydrogen (secondary N) is 1. The lowest BCUT2D eigenvalue weighted by Gasteiger charge is -2.09. The summed E-state index contributed by atoms with van der Waals surface area (Å²) in [6.07, 6.45) is 1.71. The molecule has 1 aliphatic heterocycles. The van der Waals surface area contributed by atoms with Crippen LogP contribution in [0.2, 0.25) is 0 Å². The van der Waals surface area contributed by atoms with E-state index in [1.54, 1.807) is 19.3 Å². The molecule has 0 radical (unpaired) electrons. The number of rotatable bonds is 3. The number of pyridine rings is 1. The number of nitrogens with zero attached hydrogens (tertiary/aromatic N) is 3. The quantitative estimate of drug-likeness (QED) is 0.597. The summed E-state index contributed by atoms with van der Waals surface area (Å²) in [5.74, 6) is 1.73. The van der Waals surface area contributed by atoms with Crippen molar-refractivity contribution in [3.05, 3.63) is 60.5 Å². The zero-order valence-electron chi connectivity index (χ0n) is 14.4. The van der Waals surface area contributed by atoms with Crippen molar-refractivity contribution in [2.24, 2.45) is 0 Å². The molecule has 6 nitrogen and oxygen atoms in total. The number of hydrogen-bond donors (Lipinski definition) is 1. The Hall–Kier alpha value is -3.61. The molecule has 2 aromatic heterocycles. The number of anilines is 1. The van der Waals surface area contributed by atoms with Gasteiger partial charge in [-0.3, -0.25) is 9.55 Å². The smallest absolute Gasteiger partial charge is 0.231 e. The first-order valence-corrected chi connectivity index (χ1v) is 8.45. The third-order valence-corrected chi connectivity index (χ3v) is 4.50. The average Bonchev–Trinajstić information content (AvgIpc) is 3.30. The maximum atomic E-state index is 13.8. The molecule has 3 heterocycles. The second-order valence-electron chi connectivity index (χ2n) is 6.13. The first-order valence-electron chi connectivity index (χ1n) is 8.45. The molecule has 0 atom stereocenters. The van der Waals surface area contributed by atoms with Gasteiger partial charge in [-0.15, -0.1) is 0 Å². The molecule has 0 amide bonds. The van der Waals surface area contributed by atoms with Crippen LogP contribution >= 0.6 is 0 Å². The maximum absolute atomic E-state index is 13.8. The summed E-state index contributed by atoms with van der Waals surface area (Å²) in [4.78, 5) is 9.08. The van der Waals surface area contributed by atoms with Crippen LogP contribution in [0, 0.1) is 5.82 Å². The van der Waals surface area contributed by atoms with E-state index >= 15 is 0 Å². The Labute approximate surface area is 154 Å². The third kappa shape index (κ3) is 2.55. The molecule has 0 saturated heterocycles. The highest BCUT2D eigenvalue weighted by atomic mass is 19.1. The molecule has 0 spiro atoms. The lowest BCUT2D eigenvalue weighted by molar-refractivity contribution is 0.174. The van der Waals surface area contributed by atoms with Crippen LogP contribution in [0.3, 0.4) is 0 Å². The Morgan fingerprint density at radius 3 is 2.81 bits per heavy atom.